The maximum atomic E-state index is 13.8. The van der Waals surface area contributed by atoms with Gasteiger partial charge in [0.25, 0.3) is 5.91 Å². The first-order valence-corrected chi connectivity index (χ1v) is 12.6. The number of hydrogen-bond donors (Lipinski definition) is 1. The highest BCUT2D eigenvalue weighted by molar-refractivity contribution is 8.00. The topological polar surface area (TPSA) is 51.1 Å². The monoisotopic (exact) mass is 478 g/mol. The summed E-state index contributed by atoms with van der Waals surface area (Å²) in [6.07, 6.45) is 0.685. The van der Waals surface area contributed by atoms with Gasteiger partial charge in [0.2, 0.25) is 5.91 Å². The lowest BCUT2D eigenvalue weighted by Crippen LogP contribution is -2.23. The van der Waals surface area contributed by atoms with E-state index in [1.54, 1.807) is 0 Å². The van der Waals surface area contributed by atoms with Crippen LogP contribution in [0.1, 0.15) is 34.1 Å². The molecule has 1 amide bonds. The number of aryl methyl sites for hydroxylation is 1. The van der Waals surface area contributed by atoms with E-state index < -0.39 is 0 Å². The van der Waals surface area contributed by atoms with E-state index in [4.69, 9.17) is 0 Å². The molecule has 0 spiro atoms. The molecule has 5 heteroatoms. The summed E-state index contributed by atoms with van der Waals surface area (Å²) in [5, 5.41) is 4.89. The average molecular weight is 479 g/mol. The predicted molar refractivity (Wildman–Crippen MR) is 146 cm³/mol. The molecule has 0 aliphatic rings. The molecule has 1 unspecified atom stereocenters. The molecule has 5 aromatic rings. The van der Waals surface area contributed by atoms with Crippen LogP contribution < -0.4 is 5.32 Å². The van der Waals surface area contributed by atoms with Crippen molar-refractivity contribution in [1.29, 1.82) is 0 Å². The normalized spacial score (nSPS) is 12.1. The third kappa shape index (κ3) is 4.47. The number of carbonyl (C=O) groups excluding carboxylic acids is 2. The van der Waals surface area contributed by atoms with Crippen LogP contribution in [0, 0.1) is 6.92 Å². The van der Waals surface area contributed by atoms with E-state index in [0.717, 1.165) is 32.3 Å². The van der Waals surface area contributed by atoms with Gasteiger partial charge >= 0.3 is 0 Å². The van der Waals surface area contributed by atoms with Gasteiger partial charge in [-0.25, -0.2) is 0 Å². The Bertz CT molecular complexity index is 1500. The summed E-state index contributed by atoms with van der Waals surface area (Å²) in [6, 6.07) is 31.3. The quantitative estimate of drug-likeness (QED) is 0.256. The molecule has 1 N–H and O–H groups in total. The number of thioether (sulfide) groups is 1. The number of hydrogen-bond acceptors (Lipinski definition) is 3. The van der Waals surface area contributed by atoms with Crippen molar-refractivity contribution in [1.82, 2.24) is 4.57 Å². The molecule has 0 radical (unpaired) electrons. The molecule has 0 saturated heterocycles. The minimum Gasteiger partial charge on any atom is -0.322 e. The van der Waals surface area contributed by atoms with Crippen LogP contribution in [-0.4, -0.2) is 21.6 Å². The zero-order chi connectivity index (χ0) is 24.4. The highest BCUT2D eigenvalue weighted by Crippen LogP contribution is 2.33. The Morgan fingerprint density at radius 3 is 2.11 bits per heavy atom. The van der Waals surface area contributed by atoms with Gasteiger partial charge in [0.05, 0.1) is 16.3 Å². The molecule has 1 heterocycles. The van der Waals surface area contributed by atoms with Crippen LogP contribution in [-0.2, 0) is 0 Å². The molecule has 1 atom stereocenters. The maximum absolute atomic E-state index is 13.8. The van der Waals surface area contributed by atoms with E-state index in [9.17, 15) is 9.59 Å². The molecule has 0 fully saturated rings. The number of nitrogens with one attached hydrogen (secondary N) is 1. The first kappa shape index (κ1) is 22.9. The second-order valence-electron chi connectivity index (χ2n) is 8.52. The standard InChI is InChI=1S/C30H26N2O2S/c1-3-28(30(34)32-26-17-8-6-15-24(26)25-16-7-9-18-27(25)32)35-22-13-10-12-21(19-22)31-29(33)23-14-5-4-11-20(23)2/h4-19,28H,3H2,1-2H3,(H,31,33). The maximum Gasteiger partial charge on any atom is 0.255 e. The number of anilines is 1. The lowest BCUT2D eigenvalue weighted by Gasteiger charge is -2.16. The molecule has 4 aromatic carbocycles. The fourth-order valence-electron chi connectivity index (χ4n) is 4.45. The van der Waals surface area contributed by atoms with E-state index in [0.29, 0.717) is 17.7 Å². The van der Waals surface area contributed by atoms with E-state index >= 15 is 0 Å². The second kappa shape index (κ2) is 9.80. The van der Waals surface area contributed by atoms with Crippen molar-refractivity contribution in [3.8, 4) is 0 Å². The Morgan fingerprint density at radius 2 is 1.46 bits per heavy atom. The summed E-state index contributed by atoms with van der Waals surface area (Å²) in [5.41, 5.74) is 4.15. The van der Waals surface area contributed by atoms with Crippen molar-refractivity contribution in [2.24, 2.45) is 0 Å². The van der Waals surface area contributed by atoms with Crippen molar-refractivity contribution in [2.45, 2.75) is 30.4 Å². The van der Waals surface area contributed by atoms with Crippen LogP contribution in [0.5, 0.6) is 0 Å². The summed E-state index contributed by atoms with van der Waals surface area (Å²) in [5.74, 6) is -0.0807. The van der Waals surface area contributed by atoms with E-state index in [-0.39, 0.29) is 17.1 Å². The van der Waals surface area contributed by atoms with Gasteiger partial charge in [-0.2, -0.15) is 0 Å². The number of fused-ring (bicyclic) bond motifs is 3. The molecule has 4 nitrogen and oxygen atoms in total. The number of carbonyl (C=O) groups is 2. The van der Waals surface area contributed by atoms with Gasteiger partial charge < -0.3 is 5.32 Å². The van der Waals surface area contributed by atoms with Gasteiger partial charge in [0.1, 0.15) is 0 Å². The van der Waals surface area contributed by atoms with Crippen molar-refractivity contribution in [2.75, 3.05) is 5.32 Å². The molecule has 0 aliphatic heterocycles. The fraction of sp³-hybridized carbons (Fsp3) is 0.133. The van der Waals surface area contributed by atoms with Crippen LogP contribution >= 0.6 is 11.8 Å². The molecule has 1 aromatic heterocycles. The molecular weight excluding hydrogens is 452 g/mol. The number of para-hydroxylation sites is 2. The Hall–Kier alpha value is -3.83. The lowest BCUT2D eigenvalue weighted by atomic mass is 10.1. The van der Waals surface area contributed by atoms with Crippen molar-refractivity contribution in [3.63, 3.8) is 0 Å². The number of amides is 1. The van der Waals surface area contributed by atoms with Gasteiger partial charge in [-0.3, -0.25) is 14.2 Å². The van der Waals surface area contributed by atoms with Gasteiger partial charge in [-0.1, -0.05) is 67.6 Å². The van der Waals surface area contributed by atoms with Gasteiger partial charge in [0, 0.05) is 26.9 Å². The second-order valence-corrected chi connectivity index (χ2v) is 9.80. The number of rotatable bonds is 6. The minimum atomic E-state index is -0.267. The summed E-state index contributed by atoms with van der Waals surface area (Å²) in [4.78, 5) is 27.5. The van der Waals surface area contributed by atoms with Crippen LogP contribution in [0.4, 0.5) is 5.69 Å². The molecule has 5 rings (SSSR count). The zero-order valence-electron chi connectivity index (χ0n) is 19.7. The van der Waals surface area contributed by atoms with E-state index in [2.05, 4.69) is 17.4 Å². The van der Waals surface area contributed by atoms with E-state index in [1.165, 1.54) is 11.8 Å². The van der Waals surface area contributed by atoms with Gasteiger partial charge in [0.15, 0.2) is 0 Å². The van der Waals surface area contributed by atoms with E-state index in [1.807, 2.05) is 103 Å². The van der Waals surface area contributed by atoms with Gasteiger partial charge in [-0.05, 0) is 55.3 Å². The first-order valence-electron chi connectivity index (χ1n) is 11.7. The largest absolute Gasteiger partial charge is 0.322 e. The molecule has 0 bridgehead atoms. The molecule has 35 heavy (non-hydrogen) atoms. The Morgan fingerprint density at radius 1 is 0.829 bits per heavy atom. The zero-order valence-corrected chi connectivity index (χ0v) is 20.5. The first-order chi connectivity index (χ1) is 17.1. The molecular formula is C30H26N2O2S. The fourth-order valence-corrected chi connectivity index (χ4v) is 5.50. The Labute approximate surface area is 209 Å². The number of nitrogens with zero attached hydrogens (tertiary/aromatic N) is 1. The van der Waals surface area contributed by atoms with Crippen LogP contribution in [0.3, 0.4) is 0 Å². The Kier molecular flexibility index (Phi) is 6.43. The van der Waals surface area contributed by atoms with Crippen LogP contribution in [0.2, 0.25) is 0 Å². The minimum absolute atomic E-state index is 0.0595. The van der Waals surface area contributed by atoms with Gasteiger partial charge in [-0.15, -0.1) is 11.8 Å². The Balaban J connectivity index is 1.42. The smallest absolute Gasteiger partial charge is 0.255 e. The van der Waals surface area contributed by atoms with Crippen molar-refractivity contribution < 1.29 is 9.59 Å². The third-order valence-corrected chi connectivity index (χ3v) is 7.55. The molecule has 0 aliphatic carbocycles. The number of aromatic nitrogens is 1. The predicted octanol–water partition coefficient (Wildman–Crippen LogP) is 7.57. The van der Waals surface area contributed by atoms with Crippen molar-refractivity contribution >= 4 is 51.1 Å². The average Bonchev–Trinajstić information content (AvgIpc) is 3.22. The summed E-state index contributed by atoms with van der Waals surface area (Å²) < 4.78 is 1.86. The third-order valence-electron chi connectivity index (χ3n) is 6.21. The molecule has 174 valence electrons. The lowest BCUT2D eigenvalue weighted by molar-refractivity contribution is 0.0918. The highest BCUT2D eigenvalue weighted by Gasteiger charge is 2.24. The summed E-state index contributed by atoms with van der Waals surface area (Å²) in [7, 11) is 0. The summed E-state index contributed by atoms with van der Waals surface area (Å²) in [6.45, 7) is 3.96. The molecule has 0 saturated carbocycles. The number of benzene rings is 4. The van der Waals surface area contributed by atoms with Crippen LogP contribution in [0.25, 0.3) is 21.8 Å². The van der Waals surface area contributed by atoms with Crippen LogP contribution in [0.15, 0.2) is 102 Å². The summed E-state index contributed by atoms with van der Waals surface area (Å²) >= 11 is 1.53. The highest BCUT2D eigenvalue weighted by atomic mass is 32.2. The SMILES string of the molecule is CCC(Sc1cccc(NC(=O)c2ccccc2C)c1)C(=O)n1c2ccccc2c2ccccc21. The van der Waals surface area contributed by atoms with Crippen molar-refractivity contribution in [3.05, 3.63) is 108 Å².